The standard InChI is InChI=1S/C17H16N6OS2/c1-11(17-18-13-5-3-4-6-14(13)26-17)22(2)15(24)9-23-20-16(19-21-23)12-7-8-25-10-12/h3-8,10-11H,9H2,1-2H3/t11-/m0/s1. The molecule has 4 aromatic rings. The molecular formula is C17H16N6OS2. The fourth-order valence-corrected chi connectivity index (χ4v) is 4.20. The van der Waals surface area contributed by atoms with Crippen molar-refractivity contribution in [1.29, 1.82) is 0 Å². The number of amides is 1. The number of likely N-dealkylation sites (N-methyl/N-ethyl adjacent to an activating group) is 1. The molecular weight excluding hydrogens is 368 g/mol. The Morgan fingerprint density at radius 2 is 2.15 bits per heavy atom. The van der Waals surface area contributed by atoms with Crippen molar-refractivity contribution in [3.8, 4) is 11.4 Å². The summed E-state index contributed by atoms with van der Waals surface area (Å²) in [5, 5.41) is 17.1. The zero-order valence-corrected chi connectivity index (χ0v) is 15.9. The number of para-hydroxylation sites is 1. The van der Waals surface area contributed by atoms with E-state index in [4.69, 9.17) is 0 Å². The molecule has 0 N–H and O–H groups in total. The van der Waals surface area contributed by atoms with Gasteiger partial charge in [-0.1, -0.05) is 12.1 Å². The molecule has 4 rings (SSSR count). The number of hydrogen-bond donors (Lipinski definition) is 0. The van der Waals surface area contributed by atoms with E-state index >= 15 is 0 Å². The minimum Gasteiger partial charge on any atom is -0.335 e. The number of thiazole rings is 1. The van der Waals surface area contributed by atoms with Gasteiger partial charge in [0.1, 0.15) is 11.6 Å². The molecule has 9 heteroatoms. The highest BCUT2D eigenvalue weighted by Crippen LogP contribution is 2.28. The second-order valence-corrected chi connectivity index (χ2v) is 7.70. The van der Waals surface area contributed by atoms with Crippen LogP contribution in [0.25, 0.3) is 21.6 Å². The van der Waals surface area contributed by atoms with Crippen LogP contribution in [0, 0.1) is 0 Å². The van der Waals surface area contributed by atoms with Gasteiger partial charge < -0.3 is 4.90 Å². The summed E-state index contributed by atoms with van der Waals surface area (Å²) < 4.78 is 1.12. The Balaban J connectivity index is 1.47. The van der Waals surface area contributed by atoms with E-state index < -0.39 is 0 Å². The van der Waals surface area contributed by atoms with E-state index in [1.54, 1.807) is 34.6 Å². The zero-order chi connectivity index (χ0) is 18.1. The maximum atomic E-state index is 12.6. The van der Waals surface area contributed by atoms with Crippen LogP contribution in [0.2, 0.25) is 0 Å². The Labute approximate surface area is 157 Å². The average Bonchev–Trinajstić information content (AvgIpc) is 3.39. The first kappa shape index (κ1) is 16.8. The summed E-state index contributed by atoms with van der Waals surface area (Å²) in [6.07, 6.45) is 0. The molecule has 26 heavy (non-hydrogen) atoms. The fourth-order valence-electron chi connectivity index (χ4n) is 2.50. The van der Waals surface area contributed by atoms with Crippen molar-refractivity contribution >= 4 is 38.8 Å². The second-order valence-electron chi connectivity index (χ2n) is 5.86. The first-order chi connectivity index (χ1) is 12.6. The Morgan fingerprint density at radius 3 is 2.92 bits per heavy atom. The van der Waals surface area contributed by atoms with E-state index in [9.17, 15) is 4.79 Å². The van der Waals surface area contributed by atoms with Crippen LogP contribution in [0.3, 0.4) is 0 Å². The van der Waals surface area contributed by atoms with Crippen LogP contribution < -0.4 is 0 Å². The van der Waals surface area contributed by atoms with Crippen LogP contribution in [0.1, 0.15) is 18.0 Å². The third-order valence-corrected chi connectivity index (χ3v) is 6.04. The molecule has 0 spiro atoms. The Hall–Kier alpha value is -2.65. The first-order valence-corrected chi connectivity index (χ1v) is 9.79. The maximum absolute atomic E-state index is 12.6. The maximum Gasteiger partial charge on any atom is 0.246 e. The van der Waals surface area contributed by atoms with Gasteiger partial charge >= 0.3 is 0 Å². The predicted molar refractivity (Wildman–Crippen MR) is 102 cm³/mol. The van der Waals surface area contributed by atoms with Crippen LogP contribution in [0.5, 0.6) is 0 Å². The summed E-state index contributed by atoms with van der Waals surface area (Å²) in [6, 6.07) is 9.78. The number of fused-ring (bicyclic) bond motifs is 1. The SMILES string of the molecule is C[C@@H](c1nc2ccccc2s1)N(C)C(=O)Cn1nnc(-c2ccsc2)n1. The lowest BCUT2D eigenvalue weighted by Gasteiger charge is -2.22. The molecule has 0 bridgehead atoms. The number of benzene rings is 1. The van der Waals surface area contributed by atoms with Crippen molar-refractivity contribution < 1.29 is 4.79 Å². The van der Waals surface area contributed by atoms with Crippen LogP contribution in [-0.2, 0) is 11.3 Å². The Bertz CT molecular complexity index is 1010. The van der Waals surface area contributed by atoms with Crippen molar-refractivity contribution in [3.05, 3.63) is 46.1 Å². The van der Waals surface area contributed by atoms with E-state index in [-0.39, 0.29) is 18.5 Å². The number of rotatable bonds is 5. The average molecular weight is 384 g/mol. The molecule has 3 heterocycles. The van der Waals surface area contributed by atoms with Gasteiger partial charge in [0.2, 0.25) is 11.7 Å². The van der Waals surface area contributed by atoms with Gasteiger partial charge in [0.25, 0.3) is 0 Å². The number of thiophene rings is 1. The highest BCUT2D eigenvalue weighted by atomic mass is 32.1. The third kappa shape index (κ3) is 3.23. The third-order valence-electron chi connectivity index (χ3n) is 4.15. The Kier molecular flexibility index (Phi) is 4.48. The van der Waals surface area contributed by atoms with E-state index in [1.165, 1.54) is 4.80 Å². The molecule has 1 atom stereocenters. The van der Waals surface area contributed by atoms with Gasteiger partial charge in [-0.3, -0.25) is 4.79 Å². The number of tetrazole rings is 1. The quantitative estimate of drug-likeness (QED) is 0.528. The molecule has 0 aliphatic heterocycles. The number of aromatic nitrogens is 5. The van der Waals surface area contributed by atoms with E-state index in [0.717, 1.165) is 20.8 Å². The van der Waals surface area contributed by atoms with Crippen molar-refractivity contribution in [2.24, 2.45) is 0 Å². The van der Waals surface area contributed by atoms with Gasteiger partial charge in [-0.25, -0.2) is 4.98 Å². The minimum absolute atomic E-state index is 0.0445. The summed E-state index contributed by atoms with van der Waals surface area (Å²) >= 11 is 3.17. The number of nitrogens with zero attached hydrogens (tertiary/aromatic N) is 6. The monoisotopic (exact) mass is 384 g/mol. The molecule has 0 aliphatic rings. The lowest BCUT2D eigenvalue weighted by molar-refractivity contribution is -0.132. The van der Waals surface area contributed by atoms with Gasteiger partial charge in [0, 0.05) is 18.0 Å². The first-order valence-electron chi connectivity index (χ1n) is 8.03. The van der Waals surface area contributed by atoms with Crippen LogP contribution in [0.15, 0.2) is 41.1 Å². The van der Waals surface area contributed by atoms with Crippen molar-refractivity contribution in [2.45, 2.75) is 19.5 Å². The molecule has 0 unspecified atom stereocenters. The van der Waals surface area contributed by atoms with Gasteiger partial charge in [-0.05, 0) is 35.7 Å². The molecule has 7 nitrogen and oxygen atoms in total. The molecule has 1 aromatic carbocycles. The number of carbonyl (C=O) groups is 1. The predicted octanol–water partition coefficient (Wildman–Crippen LogP) is 3.23. The van der Waals surface area contributed by atoms with Crippen LogP contribution in [0.4, 0.5) is 0 Å². The van der Waals surface area contributed by atoms with E-state index in [1.807, 2.05) is 48.0 Å². The summed E-state index contributed by atoms with van der Waals surface area (Å²) in [5.41, 5.74) is 1.86. The summed E-state index contributed by atoms with van der Waals surface area (Å²) in [4.78, 5) is 20.3. The minimum atomic E-state index is -0.125. The molecule has 132 valence electrons. The largest absolute Gasteiger partial charge is 0.335 e. The van der Waals surface area contributed by atoms with Gasteiger partial charge in [-0.2, -0.15) is 16.1 Å². The normalized spacial score (nSPS) is 12.4. The molecule has 0 saturated carbocycles. The molecule has 0 radical (unpaired) electrons. The summed E-state index contributed by atoms with van der Waals surface area (Å²) in [5.74, 6) is 0.437. The van der Waals surface area contributed by atoms with Crippen molar-refractivity contribution in [3.63, 3.8) is 0 Å². The van der Waals surface area contributed by atoms with Crippen LogP contribution >= 0.6 is 22.7 Å². The molecule has 1 amide bonds. The fraction of sp³-hybridized carbons (Fsp3) is 0.235. The molecule has 0 saturated heterocycles. The lowest BCUT2D eigenvalue weighted by Crippen LogP contribution is -2.33. The summed E-state index contributed by atoms with van der Waals surface area (Å²) in [7, 11) is 1.77. The summed E-state index contributed by atoms with van der Waals surface area (Å²) in [6.45, 7) is 2.02. The molecule has 3 aromatic heterocycles. The molecule has 0 aliphatic carbocycles. The van der Waals surface area contributed by atoms with Crippen molar-refractivity contribution in [2.75, 3.05) is 7.05 Å². The van der Waals surface area contributed by atoms with Gasteiger partial charge in [-0.15, -0.1) is 21.5 Å². The van der Waals surface area contributed by atoms with Gasteiger partial charge in [0.05, 0.1) is 16.3 Å². The highest BCUT2D eigenvalue weighted by molar-refractivity contribution is 7.18. The lowest BCUT2D eigenvalue weighted by atomic mass is 10.3. The van der Waals surface area contributed by atoms with E-state index in [2.05, 4.69) is 20.4 Å². The van der Waals surface area contributed by atoms with Gasteiger partial charge in [0.15, 0.2) is 0 Å². The van der Waals surface area contributed by atoms with Crippen molar-refractivity contribution in [1.82, 2.24) is 30.1 Å². The highest BCUT2D eigenvalue weighted by Gasteiger charge is 2.22. The van der Waals surface area contributed by atoms with Crippen LogP contribution in [-0.4, -0.2) is 43.0 Å². The zero-order valence-electron chi connectivity index (χ0n) is 14.2. The smallest absolute Gasteiger partial charge is 0.246 e. The number of hydrogen-bond acceptors (Lipinski definition) is 7. The second kappa shape index (κ2) is 6.93. The topological polar surface area (TPSA) is 76.8 Å². The number of carbonyl (C=O) groups excluding carboxylic acids is 1. The van der Waals surface area contributed by atoms with E-state index in [0.29, 0.717) is 5.82 Å². The Morgan fingerprint density at radius 1 is 1.31 bits per heavy atom. The molecule has 0 fully saturated rings.